The van der Waals surface area contributed by atoms with E-state index in [9.17, 15) is 4.79 Å². The minimum absolute atomic E-state index is 0.160. The van der Waals surface area contributed by atoms with Gasteiger partial charge in [-0.15, -0.1) is 0 Å². The molecule has 2 aromatic heterocycles. The van der Waals surface area contributed by atoms with Gasteiger partial charge in [-0.05, 0) is 24.3 Å². The van der Waals surface area contributed by atoms with E-state index in [1.54, 1.807) is 12.1 Å². The Kier molecular flexibility index (Phi) is 3.24. The summed E-state index contributed by atoms with van der Waals surface area (Å²) in [5.41, 5.74) is 2.99. The van der Waals surface area contributed by atoms with Gasteiger partial charge in [0.15, 0.2) is 5.76 Å². The van der Waals surface area contributed by atoms with Gasteiger partial charge in [-0.3, -0.25) is 4.79 Å². The molecule has 0 unspecified atom stereocenters. The topological polar surface area (TPSA) is 43.1 Å². The molecule has 0 fully saturated rings. The quantitative estimate of drug-likeness (QED) is 0.514. The molecule has 0 aliphatic heterocycles. The molecule has 0 radical (unpaired) electrons. The highest BCUT2D eigenvalue weighted by atomic mass is 16.3. The minimum Gasteiger partial charge on any atom is -0.461 e. The second kappa shape index (κ2) is 5.54. The van der Waals surface area contributed by atoms with Crippen molar-refractivity contribution >= 4 is 16.7 Å². The van der Waals surface area contributed by atoms with Gasteiger partial charge in [0.05, 0.1) is 23.0 Å². The Morgan fingerprint density at radius 2 is 1.65 bits per heavy atom. The molecule has 0 N–H and O–H groups in total. The van der Waals surface area contributed by atoms with Crippen LogP contribution in [0.4, 0.5) is 0 Å². The SMILES string of the molecule is O=C(c1ccco1)c1cc2ccccc2nc1-c1ccccc1. The summed E-state index contributed by atoms with van der Waals surface area (Å²) in [5.74, 6) is 0.159. The number of furan rings is 1. The minimum atomic E-state index is -0.160. The lowest BCUT2D eigenvalue weighted by Crippen LogP contribution is -2.04. The van der Waals surface area contributed by atoms with Crippen LogP contribution >= 0.6 is 0 Å². The molecule has 0 amide bonds. The Morgan fingerprint density at radius 1 is 0.870 bits per heavy atom. The molecule has 2 aromatic carbocycles. The first-order chi connectivity index (χ1) is 11.3. The molecule has 23 heavy (non-hydrogen) atoms. The van der Waals surface area contributed by atoms with Crippen LogP contribution in [0.2, 0.25) is 0 Å². The van der Waals surface area contributed by atoms with E-state index in [1.807, 2.05) is 60.7 Å². The van der Waals surface area contributed by atoms with Crippen LogP contribution in [0.5, 0.6) is 0 Å². The smallest absolute Gasteiger partial charge is 0.230 e. The number of para-hydroxylation sites is 1. The van der Waals surface area contributed by atoms with Crippen molar-refractivity contribution in [1.29, 1.82) is 0 Å². The summed E-state index contributed by atoms with van der Waals surface area (Å²) in [4.78, 5) is 17.5. The van der Waals surface area contributed by atoms with Crippen LogP contribution in [0, 0.1) is 0 Å². The summed E-state index contributed by atoms with van der Waals surface area (Å²) in [5, 5.41) is 0.932. The van der Waals surface area contributed by atoms with E-state index in [0.29, 0.717) is 17.0 Å². The Hall–Kier alpha value is -3.20. The fourth-order valence-electron chi connectivity index (χ4n) is 2.65. The van der Waals surface area contributed by atoms with Gasteiger partial charge in [-0.2, -0.15) is 0 Å². The highest BCUT2D eigenvalue weighted by Crippen LogP contribution is 2.27. The van der Waals surface area contributed by atoms with Crippen molar-refractivity contribution in [2.45, 2.75) is 0 Å². The summed E-state index contributed by atoms with van der Waals surface area (Å²) in [6.07, 6.45) is 1.50. The van der Waals surface area contributed by atoms with Crippen molar-refractivity contribution in [2.75, 3.05) is 0 Å². The van der Waals surface area contributed by atoms with Gasteiger partial charge in [-0.25, -0.2) is 4.98 Å². The predicted octanol–water partition coefficient (Wildman–Crippen LogP) is 4.73. The summed E-state index contributed by atoms with van der Waals surface area (Å²) < 4.78 is 5.28. The monoisotopic (exact) mass is 299 g/mol. The number of carbonyl (C=O) groups is 1. The number of aromatic nitrogens is 1. The molecule has 0 saturated carbocycles. The van der Waals surface area contributed by atoms with Gasteiger partial charge < -0.3 is 4.42 Å². The first kappa shape index (κ1) is 13.5. The van der Waals surface area contributed by atoms with E-state index in [4.69, 9.17) is 9.40 Å². The van der Waals surface area contributed by atoms with Gasteiger partial charge in [0, 0.05) is 10.9 Å². The molecule has 0 saturated heterocycles. The molecule has 0 aliphatic carbocycles. The Bertz CT molecular complexity index is 973. The van der Waals surface area contributed by atoms with Crippen molar-refractivity contribution < 1.29 is 9.21 Å². The second-order valence-electron chi connectivity index (χ2n) is 5.25. The maximum Gasteiger partial charge on any atom is 0.230 e. The van der Waals surface area contributed by atoms with Crippen LogP contribution < -0.4 is 0 Å². The first-order valence-electron chi connectivity index (χ1n) is 7.36. The second-order valence-corrected chi connectivity index (χ2v) is 5.25. The molecule has 3 heteroatoms. The van der Waals surface area contributed by atoms with Crippen LogP contribution in [0.1, 0.15) is 16.1 Å². The van der Waals surface area contributed by atoms with Crippen LogP contribution in [0.25, 0.3) is 22.2 Å². The third-order valence-corrected chi connectivity index (χ3v) is 3.76. The van der Waals surface area contributed by atoms with Crippen molar-refractivity contribution in [3.8, 4) is 11.3 Å². The molecular formula is C20H13NO2. The van der Waals surface area contributed by atoms with E-state index >= 15 is 0 Å². The lowest BCUT2D eigenvalue weighted by atomic mass is 9.99. The van der Waals surface area contributed by atoms with Crippen molar-refractivity contribution in [1.82, 2.24) is 4.98 Å². The van der Waals surface area contributed by atoms with E-state index in [0.717, 1.165) is 16.5 Å². The first-order valence-corrected chi connectivity index (χ1v) is 7.36. The summed E-state index contributed by atoms with van der Waals surface area (Å²) >= 11 is 0. The molecule has 4 aromatic rings. The number of nitrogens with zero attached hydrogens (tertiary/aromatic N) is 1. The number of benzene rings is 2. The number of ketones is 1. The lowest BCUT2D eigenvalue weighted by Gasteiger charge is -2.09. The highest BCUT2D eigenvalue weighted by molar-refractivity contribution is 6.12. The Morgan fingerprint density at radius 3 is 2.43 bits per heavy atom. The Balaban J connectivity index is 1.99. The largest absolute Gasteiger partial charge is 0.461 e. The molecule has 0 bridgehead atoms. The van der Waals surface area contributed by atoms with Crippen LogP contribution in [-0.2, 0) is 0 Å². The number of hydrogen-bond acceptors (Lipinski definition) is 3. The predicted molar refractivity (Wildman–Crippen MR) is 89.3 cm³/mol. The normalized spacial score (nSPS) is 10.8. The zero-order valence-corrected chi connectivity index (χ0v) is 12.3. The lowest BCUT2D eigenvalue weighted by molar-refractivity contribution is 0.101. The maximum atomic E-state index is 12.8. The summed E-state index contributed by atoms with van der Waals surface area (Å²) in [6.45, 7) is 0. The molecule has 3 nitrogen and oxygen atoms in total. The van der Waals surface area contributed by atoms with Crippen molar-refractivity contribution in [3.05, 3.63) is 90.4 Å². The number of fused-ring (bicyclic) bond motifs is 1. The standard InChI is InChI=1S/C20H13NO2/c22-20(18-11-6-12-23-18)16-13-15-9-4-5-10-17(15)21-19(16)14-7-2-1-3-8-14/h1-13H. The van der Waals surface area contributed by atoms with Crippen molar-refractivity contribution in [2.24, 2.45) is 0 Å². The van der Waals surface area contributed by atoms with E-state index in [-0.39, 0.29) is 5.78 Å². The average molecular weight is 299 g/mol. The third kappa shape index (κ3) is 2.42. The van der Waals surface area contributed by atoms with E-state index in [2.05, 4.69) is 0 Å². The summed E-state index contributed by atoms with van der Waals surface area (Å²) in [6, 6.07) is 22.8. The molecule has 0 aliphatic rings. The molecule has 4 rings (SSSR count). The maximum absolute atomic E-state index is 12.8. The average Bonchev–Trinajstić information content (AvgIpc) is 3.15. The van der Waals surface area contributed by atoms with E-state index in [1.165, 1.54) is 6.26 Å². The van der Waals surface area contributed by atoms with Gasteiger partial charge >= 0.3 is 0 Å². The fraction of sp³-hybridized carbons (Fsp3) is 0. The third-order valence-electron chi connectivity index (χ3n) is 3.76. The highest BCUT2D eigenvalue weighted by Gasteiger charge is 2.19. The molecule has 0 atom stereocenters. The van der Waals surface area contributed by atoms with Crippen LogP contribution in [-0.4, -0.2) is 10.8 Å². The number of carbonyl (C=O) groups excluding carboxylic acids is 1. The van der Waals surface area contributed by atoms with Gasteiger partial charge in [0.2, 0.25) is 5.78 Å². The molecular weight excluding hydrogens is 286 g/mol. The molecule has 2 heterocycles. The van der Waals surface area contributed by atoms with Gasteiger partial charge in [0.25, 0.3) is 0 Å². The van der Waals surface area contributed by atoms with Crippen molar-refractivity contribution in [3.63, 3.8) is 0 Å². The zero-order valence-electron chi connectivity index (χ0n) is 12.3. The van der Waals surface area contributed by atoms with Crippen LogP contribution in [0.15, 0.2) is 83.5 Å². The fourth-order valence-corrected chi connectivity index (χ4v) is 2.65. The molecule has 0 spiro atoms. The van der Waals surface area contributed by atoms with Crippen LogP contribution in [0.3, 0.4) is 0 Å². The number of rotatable bonds is 3. The number of pyridine rings is 1. The number of hydrogen-bond donors (Lipinski definition) is 0. The summed E-state index contributed by atoms with van der Waals surface area (Å²) in [7, 11) is 0. The zero-order chi connectivity index (χ0) is 15.6. The Labute approximate surface area is 133 Å². The van der Waals surface area contributed by atoms with Gasteiger partial charge in [-0.1, -0.05) is 48.5 Å². The van der Waals surface area contributed by atoms with Gasteiger partial charge in [0.1, 0.15) is 0 Å². The molecule has 110 valence electrons. The van der Waals surface area contributed by atoms with E-state index < -0.39 is 0 Å².